The van der Waals surface area contributed by atoms with E-state index in [9.17, 15) is 0 Å². The highest BCUT2D eigenvalue weighted by atomic mass is 32.1. The van der Waals surface area contributed by atoms with Crippen LogP contribution in [0.3, 0.4) is 0 Å². The molecule has 6 heteroatoms. The number of hydrogen-bond acceptors (Lipinski definition) is 6. The zero-order valence-electron chi connectivity index (χ0n) is 14.1. The molecule has 1 aromatic heterocycles. The average Bonchev–Trinajstić information content (AvgIpc) is 2.86. The van der Waals surface area contributed by atoms with Crippen LogP contribution in [0.4, 0.5) is 5.13 Å². The van der Waals surface area contributed by atoms with Gasteiger partial charge in [0.2, 0.25) is 0 Å². The quantitative estimate of drug-likeness (QED) is 0.903. The summed E-state index contributed by atoms with van der Waals surface area (Å²) in [6.45, 7) is 2.95. The lowest BCUT2D eigenvalue weighted by Gasteiger charge is -2.17. The second-order valence-corrected chi connectivity index (χ2v) is 6.85. The van der Waals surface area contributed by atoms with Gasteiger partial charge >= 0.3 is 0 Å². The standard InChI is InChI=1S/C18H23N3O2S/c1-22-14-5-6-16(23-2)13(12-14)4-3-9-21-10-7-15-17(8-11-21)24-18(19)20-15/h3-6,12H,7-11H2,1-2H3,(H2,19,20). The molecule has 3 rings (SSSR count). The summed E-state index contributed by atoms with van der Waals surface area (Å²) in [5, 5.41) is 0.693. The zero-order valence-corrected chi connectivity index (χ0v) is 14.9. The smallest absolute Gasteiger partial charge is 0.180 e. The minimum atomic E-state index is 0.693. The molecule has 0 unspecified atom stereocenters. The molecule has 0 fully saturated rings. The van der Waals surface area contributed by atoms with Crippen LogP contribution in [0.2, 0.25) is 0 Å². The summed E-state index contributed by atoms with van der Waals surface area (Å²) < 4.78 is 10.7. The summed E-state index contributed by atoms with van der Waals surface area (Å²) in [6, 6.07) is 5.82. The highest BCUT2D eigenvalue weighted by Gasteiger charge is 2.16. The molecule has 0 saturated carbocycles. The van der Waals surface area contributed by atoms with E-state index in [1.807, 2.05) is 18.2 Å². The van der Waals surface area contributed by atoms with Crippen LogP contribution in [0, 0.1) is 0 Å². The third-order valence-corrected chi connectivity index (χ3v) is 5.20. The SMILES string of the molecule is COc1ccc(OC)c(C=CCN2CCc3nc(N)sc3CC2)c1. The highest BCUT2D eigenvalue weighted by molar-refractivity contribution is 7.15. The Balaban J connectivity index is 1.62. The minimum absolute atomic E-state index is 0.693. The van der Waals surface area contributed by atoms with E-state index in [-0.39, 0.29) is 0 Å². The molecule has 2 aromatic rings. The van der Waals surface area contributed by atoms with E-state index in [0.29, 0.717) is 5.13 Å². The van der Waals surface area contributed by atoms with E-state index in [1.165, 1.54) is 10.6 Å². The normalized spacial score (nSPS) is 15.2. The van der Waals surface area contributed by atoms with Crippen molar-refractivity contribution in [3.63, 3.8) is 0 Å². The maximum Gasteiger partial charge on any atom is 0.180 e. The Morgan fingerprint density at radius 2 is 2.08 bits per heavy atom. The van der Waals surface area contributed by atoms with Crippen LogP contribution in [0.25, 0.3) is 6.08 Å². The van der Waals surface area contributed by atoms with Crippen molar-refractivity contribution >= 4 is 22.5 Å². The first kappa shape index (κ1) is 16.8. The van der Waals surface area contributed by atoms with Gasteiger partial charge in [0.1, 0.15) is 11.5 Å². The first-order valence-electron chi connectivity index (χ1n) is 8.04. The van der Waals surface area contributed by atoms with E-state index < -0.39 is 0 Å². The van der Waals surface area contributed by atoms with Crippen LogP contribution in [-0.4, -0.2) is 43.7 Å². The van der Waals surface area contributed by atoms with Crippen molar-refractivity contribution in [2.24, 2.45) is 0 Å². The second-order valence-electron chi connectivity index (χ2n) is 5.73. The molecule has 0 aliphatic carbocycles. The number of anilines is 1. The fourth-order valence-corrected chi connectivity index (χ4v) is 3.78. The van der Waals surface area contributed by atoms with Gasteiger partial charge < -0.3 is 15.2 Å². The molecule has 2 heterocycles. The van der Waals surface area contributed by atoms with E-state index in [1.54, 1.807) is 25.6 Å². The van der Waals surface area contributed by atoms with E-state index in [0.717, 1.165) is 49.5 Å². The predicted molar refractivity (Wildman–Crippen MR) is 99.0 cm³/mol. The van der Waals surface area contributed by atoms with Crippen LogP contribution in [0.1, 0.15) is 16.1 Å². The minimum Gasteiger partial charge on any atom is -0.497 e. The van der Waals surface area contributed by atoms with Gasteiger partial charge in [-0.2, -0.15) is 0 Å². The first-order valence-corrected chi connectivity index (χ1v) is 8.86. The van der Waals surface area contributed by atoms with Crippen molar-refractivity contribution in [2.75, 3.05) is 39.6 Å². The van der Waals surface area contributed by atoms with Crippen LogP contribution in [0.5, 0.6) is 11.5 Å². The molecule has 0 spiro atoms. The maximum absolute atomic E-state index is 5.80. The topological polar surface area (TPSA) is 60.6 Å². The van der Waals surface area contributed by atoms with Crippen LogP contribution in [0.15, 0.2) is 24.3 Å². The Labute approximate surface area is 146 Å². The van der Waals surface area contributed by atoms with Gasteiger partial charge in [0.25, 0.3) is 0 Å². The Hall–Kier alpha value is -2.05. The Morgan fingerprint density at radius 3 is 2.88 bits per heavy atom. The molecule has 24 heavy (non-hydrogen) atoms. The molecule has 1 aliphatic rings. The van der Waals surface area contributed by atoms with E-state index in [2.05, 4.69) is 22.0 Å². The number of nitrogens with zero attached hydrogens (tertiary/aromatic N) is 2. The fraction of sp³-hybridized carbons (Fsp3) is 0.389. The Morgan fingerprint density at radius 1 is 1.25 bits per heavy atom. The molecule has 2 N–H and O–H groups in total. The van der Waals surface area contributed by atoms with Gasteiger partial charge in [-0.25, -0.2) is 4.98 Å². The van der Waals surface area contributed by atoms with Crippen molar-refractivity contribution in [1.29, 1.82) is 0 Å². The second kappa shape index (κ2) is 7.68. The molecule has 0 saturated heterocycles. The van der Waals surface area contributed by atoms with Gasteiger partial charge in [0.05, 0.1) is 19.9 Å². The zero-order chi connectivity index (χ0) is 16.9. The largest absolute Gasteiger partial charge is 0.497 e. The number of ether oxygens (including phenoxy) is 2. The monoisotopic (exact) mass is 345 g/mol. The summed E-state index contributed by atoms with van der Waals surface area (Å²) in [6.07, 6.45) is 6.27. The maximum atomic E-state index is 5.80. The number of aromatic nitrogens is 1. The van der Waals surface area contributed by atoms with Crippen LogP contribution < -0.4 is 15.2 Å². The summed E-state index contributed by atoms with van der Waals surface area (Å²) in [4.78, 5) is 8.22. The third kappa shape index (κ3) is 3.88. The molecule has 128 valence electrons. The predicted octanol–water partition coefficient (Wildman–Crippen LogP) is 2.86. The summed E-state index contributed by atoms with van der Waals surface area (Å²) >= 11 is 1.63. The van der Waals surface area contributed by atoms with Crippen LogP contribution in [-0.2, 0) is 12.8 Å². The van der Waals surface area contributed by atoms with Gasteiger partial charge in [0, 0.05) is 36.5 Å². The number of nitrogens with two attached hydrogens (primary N) is 1. The molecular weight excluding hydrogens is 322 g/mol. The number of methoxy groups -OCH3 is 2. The lowest BCUT2D eigenvalue weighted by Crippen LogP contribution is -2.26. The summed E-state index contributed by atoms with van der Waals surface area (Å²) in [5.41, 5.74) is 8.01. The number of hydrogen-bond donors (Lipinski definition) is 1. The van der Waals surface area contributed by atoms with Gasteiger partial charge in [-0.1, -0.05) is 12.2 Å². The lowest BCUT2D eigenvalue weighted by molar-refractivity contribution is 0.318. The van der Waals surface area contributed by atoms with Gasteiger partial charge in [0.15, 0.2) is 5.13 Å². The lowest BCUT2D eigenvalue weighted by atomic mass is 10.1. The summed E-state index contributed by atoms with van der Waals surface area (Å²) in [5.74, 6) is 1.68. The number of benzene rings is 1. The number of thiazole rings is 1. The van der Waals surface area contributed by atoms with Crippen molar-refractivity contribution in [2.45, 2.75) is 12.8 Å². The molecule has 0 bridgehead atoms. The van der Waals surface area contributed by atoms with Crippen molar-refractivity contribution < 1.29 is 9.47 Å². The van der Waals surface area contributed by atoms with Crippen molar-refractivity contribution in [1.82, 2.24) is 9.88 Å². The first-order chi connectivity index (χ1) is 11.7. The summed E-state index contributed by atoms with van der Waals surface area (Å²) in [7, 11) is 3.36. The molecule has 0 atom stereocenters. The van der Waals surface area contributed by atoms with E-state index >= 15 is 0 Å². The van der Waals surface area contributed by atoms with Crippen LogP contribution >= 0.6 is 11.3 Å². The molecule has 0 amide bonds. The van der Waals surface area contributed by atoms with Gasteiger partial charge in [-0.05, 0) is 24.6 Å². The molecular formula is C18H23N3O2S. The Bertz CT molecular complexity index is 702. The fourth-order valence-electron chi connectivity index (χ4n) is 2.91. The van der Waals surface area contributed by atoms with Gasteiger partial charge in [-0.15, -0.1) is 11.3 Å². The Kier molecular flexibility index (Phi) is 5.37. The number of rotatable bonds is 5. The third-order valence-electron chi connectivity index (χ3n) is 4.21. The number of nitrogen functional groups attached to an aromatic ring is 1. The molecule has 1 aliphatic heterocycles. The van der Waals surface area contributed by atoms with Crippen molar-refractivity contribution in [3.05, 3.63) is 40.4 Å². The molecule has 1 aromatic carbocycles. The molecule has 5 nitrogen and oxygen atoms in total. The highest BCUT2D eigenvalue weighted by Crippen LogP contribution is 2.26. The van der Waals surface area contributed by atoms with Gasteiger partial charge in [-0.3, -0.25) is 4.90 Å². The van der Waals surface area contributed by atoms with Crippen molar-refractivity contribution in [3.8, 4) is 11.5 Å². The number of fused-ring (bicyclic) bond motifs is 1. The molecule has 0 radical (unpaired) electrons. The average molecular weight is 345 g/mol. The van der Waals surface area contributed by atoms with E-state index in [4.69, 9.17) is 15.2 Å².